The quantitative estimate of drug-likeness (QED) is 0.913. The molecule has 1 aliphatic heterocycles. The lowest BCUT2D eigenvalue weighted by Crippen LogP contribution is -2.17. The van der Waals surface area contributed by atoms with Crippen molar-refractivity contribution in [3.05, 3.63) is 71.3 Å². The summed E-state index contributed by atoms with van der Waals surface area (Å²) in [6, 6.07) is 13.8. The molecule has 0 amide bonds. The first-order valence-electron chi connectivity index (χ1n) is 7.51. The summed E-state index contributed by atoms with van der Waals surface area (Å²) in [6.45, 7) is 2.64. The molecule has 0 unspecified atom stereocenters. The van der Waals surface area contributed by atoms with Gasteiger partial charge in [-0.15, -0.1) is 0 Å². The van der Waals surface area contributed by atoms with E-state index in [0.717, 1.165) is 19.2 Å². The Hall–Kier alpha value is -1.78. The van der Waals surface area contributed by atoms with E-state index in [-0.39, 0.29) is 6.61 Å². The Balaban J connectivity index is 1.56. The fourth-order valence-electron chi connectivity index (χ4n) is 3.02. The predicted octanol–water partition coefficient (Wildman–Crippen LogP) is 3.48. The smallest absolute Gasteiger partial charge is 0.126 e. The average Bonchev–Trinajstić information content (AvgIpc) is 2.96. The molecule has 1 aliphatic rings. The molecule has 1 fully saturated rings. The van der Waals surface area contributed by atoms with Crippen LogP contribution >= 0.6 is 0 Å². The van der Waals surface area contributed by atoms with Crippen molar-refractivity contribution in [2.24, 2.45) is 5.92 Å². The van der Waals surface area contributed by atoms with E-state index in [1.54, 1.807) is 0 Å². The minimum Gasteiger partial charge on any atom is -0.376 e. The molecule has 0 aromatic heterocycles. The first-order chi connectivity index (χ1) is 10.7. The second-order valence-corrected chi connectivity index (χ2v) is 5.73. The van der Waals surface area contributed by atoms with Crippen molar-refractivity contribution in [2.45, 2.75) is 12.5 Å². The number of hydrogen-bond acceptors (Lipinski definition) is 2. The Morgan fingerprint density at radius 3 is 2.45 bits per heavy atom. The maximum absolute atomic E-state index is 13.1. The van der Waals surface area contributed by atoms with E-state index in [4.69, 9.17) is 4.74 Å². The Morgan fingerprint density at radius 2 is 1.73 bits per heavy atom. The van der Waals surface area contributed by atoms with Crippen molar-refractivity contribution >= 4 is 0 Å². The van der Waals surface area contributed by atoms with Gasteiger partial charge in [-0.2, -0.15) is 0 Å². The molecule has 2 aromatic rings. The molecule has 0 saturated carbocycles. The van der Waals surface area contributed by atoms with Gasteiger partial charge < -0.3 is 10.1 Å². The zero-order valence-corrected chi connectivity index (χ0v) is 12.3. The van der Waals surface area contributed by atoms with Gasteiger partial charge in [0.15, 0.2) is 0 Å². The topological polar surface area (TPSA) is 21.3 Å². The van der Waals surface area contributed by atoms with Gasteiger partial charge in [-0.3, -0.25) is 0 Å². The van der Waals surface area contributed by atoms with Crippen LogP contribution in [0.1, 0.15) is 17.0 Å². The van der Waals surface area contributed by atoms with E-state index in [1.165, 1.54) is 17.7 Å². The molecule has 116 valence electrons. The highest BCUT2D eigenvalue weighted by molar-refractivity contribution is 5.22. The van der Waals surface area contributed by atoms with Crippen LogP contribution in [-0.4, -0.2) is 19.7 Å². The average molecular weight is 303 g/mol. The molecular weight excluding hydrogens is 284 g/mol. The normalized spacial score (nSPS) is 21.2. The van der Waals surface area contributed by atoms with Gasteiger partial charge in [-0.1, -0.05) is 30.3 Å². The monoisotopic (exact) mass is 303 g/mol. The lowest BCUT2D eigenvalue weighted by Gasteiger charge is -2.19. The summed E-state index contributed by atoms with van der Waals surface area (Å²) in [7, 11) is 0. The highest BCUT2D eigenvalue weighted by atomic mass is 19.1. The van der Waals surface area contributed by atoms with E-state index in [0.29, 0.717) is 24.0 Å². The highest BCUT2D eigenvalue weighted by Gasteiger charge is 2.28. The number of halogens is 2. The van der Waals surface area contributed by atoms with Crippen LogP contribution in [0.2, 0.25) is 0 Å². The number of benzene rings is 2. The number of hydrogen-bond donors (Lipinski definition) is 1. The SMILES string of the molecule is Fc1cc(F)cc(COC[C@@H]2CNC[C@H]2c2ccccc2)c1. The van der Waals surface area contributed by atoms with Crippen molar-refractivity contribution in [1.82, 2.24) is 5.32 Å². The Bertz CT molecular complexity index is 597. The summed E-state index contributed by atoms with van der Waals surface area (Å²) in [4.78, 5) is 0. The first-order valence-corrected chi connectivity index (χ1v) is 7.51. The summed E-state index contributed by atoms with van der Waals surface area (Å²) in [6.07, 6.45) is 0. The molecule has 2 aromatic carbocycles. The van der Waals surface area contributed by atoms with E-state index in [1.807, 2.05) is 18.2 Å². The minimum atomic E-state index is -0.566. The van der Waals surface area contributed by atoms with Crippen molar-refractivity contribution in [2.75, 3.05) is 19.7 Å². The third kappa shape index (κ3) is 3.70. The summed E-state index contributed by atoms with van der Waals surface area (Å²) < 4.78 is 32.0. The van der Waals surface area contributed by atoms with Crippen LogP contribution in [0.5, 0.6) is 0 Å². The molecule has 1 saturated heterocycles. The molecule has 0 bridgehead atoms. The van der Waals surface area contributed by atoms with Crippen LogP contribution in [0.4, 0.5) is 8.78 Å². The first kappa shape index (κ1) is 15.1. The van der Waals surface area contributed by atoms with Crippen LogP contribution in [0.15, 0.2) is 48.5 Å². The lowest BCUT2D eigenvalue weighted by molar-refractivity contribution is 0.0874. The highest BCUT2D eigenvalue weighted by Crippen LogP contribution is 2.28. The van der Waals surface area contributed by atoms with Gasteiger partial charge in [0.25, 0.3) is 0 Å². The van der Waals surface area contributed by atoms with Gasteiger partial charge in [-0.05, 0) is 23.3 Å². The molecule has 4 heteroatoms. The molecule has 3 rings (SSSR count). The molecule has 1 N–H and O–H groups in total. The second-order valence-electron chi connectivity index (χ2n) is 5.73. The maximum atomic E-state index is 13.1. The van der Waals surface area contributed by atoms with E-state index < -0.39 is 11.6 Å². The van der Waals surface area contributed by atoms with Crippen molar-refractivity contribution in [3.8, 4) is 0 Å². The van der Waals surface area contributed by atoms with Crippen molar-refractivity contribution in [1.29, 1.82) is 0 Å². The maximum Gasteiger partial charge on any atom is 0.126 e. The van der Waals surface area contributed by atoms with Gasteiger partial charge in [0, 0.05) is 31.0 Å². The molecule has 0 aliphatic carbocycles. The fraction of sp³-hybridized carbons (Fsp3) is 0.333. The van der Waals surface area contributed by atoms with E-state index in [9.17, 15) is 8.78 Å². The van der Waals surface area contributed by atoms with Gasteiger partial charge in [0.2, 0.25) is 0 Å². The van der Waals surface area contributed by atoms with Crippen LogP contribution in [-0.2, 0) is 11.3 Å². The number of rotatable bonds is 5. The number of ether oxygens (including phenoxy) is 1. The van der Waals surface area contributed by atoms with Gasteiger partial charge in [0.1, 0.15) is 11.6 Å². The summed E-state index contributed by atoms with van der Waals surface area (Å²) >= 11 is 0. The molecule has 22 heavy (non-hydrogen) atoms. The van der Waals surface area contributed by atoms with Gasteiger partial charge in [-0.25, -0.2) is 8.78 Å². The molecule has 2 nitrogen and oxygen atoms in total. The Kier molecular flexibility index (Phi) is 4.80. The fourth-order valence-corrected chi connectivity index (χ4v) is 3.02. The molecular formula is C18H19F2NO. The second kappa shape index (κ2) is 6.99. The lowest BCUT2D eigenvalue weighted by atomic mass is 9.89. The molecule has 0 radical (unpaired) electrons. The molecule has 0 spiro atoms. The molecule has 1 heterocycles. The van der Waals surface area contributed by atoms with Crippen LogP contribution in [0.25, 0.3) is 0 Å². The van der Waals surface area contributed by atoms with Crippen LogP contribution in [0, 0.1) is 17.6 Å². The number of nitrogens with one attached hydrogen (secondary N) is 1. The van der Waals surface area contributed by atoms with Crippen LogP contribution < -0.4 is 5.32 Å². The van der Waals surface area contributed by atoms with E-state index >= 15 is 0 Å². The van der Waals surface area contributed by atoms with Crippen molar-refractivity contribution in [3.63, 3.8) is 0 Å². The van der Waals surface area contributed by atoms with Crippen LogP contribution in [0.3, 0.4) is 0 Å². The van der Waals surface area contributed by atoms with Gasteiger partial charge in [0.05, 0.1) is 13.2 Å². The Labute approximate surface area is 129 Å². The van der Waals surface area contributed by atoms with Crippen molar-refractivity contribution < 1.29 is 13.5 Å². The summed E-state index contributed by atoms with van der Waals surface area (Å²) in [5.74, 6) is -0.335. The third-order valence-electron chi connectivity index (χ3n) is 4.09. The predicted molar refractivity (Wildman–Crippen MR) is 81.6 cm³/mol. The summed E-state index contributed by atoms with van der Waals surface area (Å²) in [5.41, 5.74) is 1.83. The van der Waals surface area contributed by atoms with Gasteiger partial charge >= 0.3 is 0 Å². The largest absolute Gasteiger partial charge is 0.376 e. The zero-order valence-electron chi connectivity index (χ0n) is 12.3. The standard InChI is InChI=1S/C18H19F2NO/c19-16-6-13(7-17(20)8-16)11-22-12-15-9-21-10-18(15)14-4-2-1-3-5-14/h1-8,15,18,21H,9-12H2/t15-,18-/m0/s1. The minimum absolute atomic E-state index is 0.229. The molecule has 2 atom stereocenters. The summed E-state index contributed by atoms with van der Waals surface area (Å²) in [5, 5.41) is 3.39. The zero-order chi connectivity index (χ0) is 15.4. The Morgan fingerprint density at radius 1 is 1.00 bits per heavy atom. The third-order valence-corrected chi connectivity index (χ3v) is 4.09. The van der Waals surface area contributed by atoms with E-state index in [2.05, 4.69) is 17.4 Å².